The molecule has 1 N–H and O–H groups in total. The van der Waals surface area contributed by atoms with E-state index < -0.39 is 18.1 Å². The normalized spacial score (nSPS) is 14.2. The number of aliphatic hydroxyl groups is 1. The van der Waals surface area contributed by atoms with Crippen LogP contribution in [0.1, 0.15) is 26.7 Å². The first-order valence-corrected chi connectivity index (χ1v) is 5.22. The van der Waals surface area contributed by atoms with Gasteiger partial charge in [-0.05, 0) is 25.0 Å². The van der Waals surface area contributed by atoms with Gasteiger partial charge < -0.3 is 9.84 Å². The van der Waals surface area contributed by atoms with E-state index in [2.05, 4.69) is 14.8 Å². The molecule has 0 unspecified atom stereocenters. The van der Waals surface area contributed by atoms with Crippen molar-refractivity contribution in [3.63, 3.8) is 0 Å². The van der Waals surface area contributed by atoms with Crippen LogP contribution in [-0.2, 0) is 9.53 Å². The maximum absolute atomic E-state index is 11.0. The monoisotopic (exact) mass is 227 g/mol. The van der Waals surface area contributed by atoms with Crippen molar-refractivity contribution in [2.75, 3.05) is 6.61 Å². The molecule has 0 saturated carbocycles. The van der Waals surface area contributed by atoms with Crippen LogP contribution >= 0.6 is 0 Å². The summed E-state index contributed by atoms with van der Waals surface area (Å²) >= 11 is 0. The summed E-state index contributed by atoms with van der Waals surface area (Å²) in [5.74, 6) is -0.516. The van der Waals surface area contributed by atoms with Gasteiger partial charge in [0.05, 0.1) is 18.8 Å². The van der Waals surface area contributed by atoms with E-state index in [4.69, 9.17) is 5.53 Å². The van der Waals surface area contributed by atoms with Crippen molar-refractivity contribution in [3.05, 3.63) is 22.6 Å². The summed E-state index contributed by atoms with van der Waals surface area (Å²) in [7, 11) is 0. The number of carbonyl (C=O) groups excluding carboxylic acids is 1. The molecule has 0 bridgehead atoms. The maximum atomic E-state index is 11.0. The van der Waals surface area contributed by atoms with Gasteiger partial charge in [0, 0.05) is 11.0 Å². The molecule has 6 nitrogen and oxygen atoms in total. The fourth-order valence-corrected chi connectivity index (χ4v) is 1.15. The lowest BCUT2D eigenvalue weighted by molar-refractivity contribution is -0.137. The fourth-order valence-electron chi connectivity index (χ4n) is 1.15. The third-order valence-corrected chi connectivity index (χ3v) is 1.89. The number of hydrogen-bond donors (Lipinski definition) is 1. The molecule has 0 amide bonds. The summed E-state index contributed by atoms with van der Waals surface area (Å²) in [4.78, 5) is 13.6. The lowest BCUT2D eigenvalue weighted by Crippen LogP contribution is -2.21. The Kier molecular flexibility index (Phi) is 7.93. The van der Waals surface area contributed by atoms with Crippen LogP contribution in [0.3, 0.4) is 0 Å². The molecule has 0 aliphatic heterocycles. The van der Waals surface area contributed by atoms with Crippen molar-refractivity contribution in [1.82, 2.24) is 0 Å². The molecule has 0 aliphatic carbocycles. The van der Waals surface area contributed by atoms with Crippen molar-refractivity contribution in [3.8, 4) is 0 Å². The van der Waals surface area contributed by atoms with E-state index in [1.807, 2.05) is 6.92 Å². The average Bonchev–Trinajstić information content (AvgIpc) is 2.26. The lowest BCUT2D eigenvalue weighted by atomic mass is 10.1. The van der Waals surface area contributed by atoms with Gasteiger partial charge in [0.1, 0.15) is 0 Å². The molecule has 16 heavy (non-hydrogen) atoms. The average molecular weight is 227 g/mol. The van der Waals surface area contributed by atoms with E-state index >= 15 is 0 Å². The van der Waals surface area contributed by atoms with Crippen LogP contribution in [-0.4, -0.2) is 29.8 Å². The molecule has 0 aromatic heterocycles. The van der Waals surface area contributed by atoms with Crippen molar-refractivity contribution in [2.24, 2.45) is 5.11 Å². The first-order chi connectivity index (χ1) is 7.65. The van der Waals surface area contributed by atoms with E-state index in [0.717, 1.165) is 12.5 Å². The highest BCUT2D eigenvalue weighted by molar-refractivity contribution is 5.81. The zero-order valence-electron chi connectivity index (χ0n) is 9.54. The minimum atomic E-state index is -0.958. The number of azide groups is 1. The minimum Gasteiger partial charge on any atom is -0.463 e. The number of esters is 1. The molecular formula is C10H17N3O3. The summed E-state index contributed by atoms with van der Waals surface area (Å²) in [6, 6.07) is -0.541. The molecule has 0 fully saturated rings. The lowest BCUT2D eigenvalue weighted by Gasteiger charge is -2.13. The SMILES string of the molecule is CCC[C@H](N=[N+]=[N-])[C@H](O)/C=C/C(=O)OCC. The van der Waals surface area contributed by atoms with Gasteiger partial charge >= 0.3 is 5.97 Å². The zero-order chi connectivity index (χ0) is 12.4. The Bertz CT molecular complexity index is 285. The van der Waals surface area contributed by atoms with E-state index in [9.17, 15) is 9.90 Å². The first-order valence-electron chi connectivity index (χ1n) is 5.22. The highest BCUT2D eigenvalue weighted by Crippen LogP contribution is 2.09. The van der Waals surface area contributed by atoms with Crippen LogP contribution in [0.5, 0.6) is 0 Å². The van der Waals surface area contributed by atoms with Crippen molar-refractivity contribution in [1.29, 1.82) is 0 Å². The number of rotatable bonds is 7. The number of hydrogen-bond acceptors (Lipinski definition) is 4. The third-order valence-electron chi connectivity index (χ3n) is 1.89. The van der Waals surface area contributed by atoms with Crippen LogP contribution in [0.2, 0.25) is 0 Å². The first kappa shape index (κ1) is 14.5. The van der Waals surface area contributed by atoms with Gasteiger partial charge in [0.2, 0.25) is 0 Å². The van der Waals surface area contributed by atoms with Crippen LogP contribution in [0.25, 0.3) is 10.4 Å². The van der Waals surface area contributed by atoms with Gasteiger partial charge in [-0.3, -0.25) is 0 Å². The second-order valence-corrected chi connectivity index (χ2v) is 3.16. The van der Waals surface area contributed by atoms with Crippen molar-refractivity contribution in [2.45, 2.75) is 38.8 Å². The summed E-state index contributed by atoms with van der Waals surface area (Å²) in [6.07, 6.45) is 2.82. The highest BCUT2D eigenvalue weighted by Gasteiger charge is 2.14. The number of nitrogens with zero attached hydrogens (tertiary/aromatic N) is 3. The molecule has 0 aliphatic rings. The molecule has 0 saturated heterocycles. The topological polar surface area (TPSA) is 95.3 Å². The third kappa shape index (κ3) is 6.06. The maximum Gasteiger partial charge on any atom is 0.330 e. The molecule has 6 heteroatoms. The van der Waals surface area contributed by atoms with Crippen molar-refractivity contribution >= 4 is 5.97 Å². The minimum absolute atomic E-state index is 0.286. The quantitative estimate of drug-likeness (QED) is 0.237. The second kappa shape index (κ2) is 8.76. The Morgan fingerprint density at radius 1 is 1.62 bits per heavy atom. The van der Waals surface area contributed by atoms with Crippen LogP contribution in [0.15, 0.2) is 17.3 Å². The van der Waals surface area contributed by atoms with E-state index in [1.165, 1.54) is 6.08 Å². The molecule has 0 aromatic rings. The Balaban J connectivity index is 4.33. The molecule has 0 heterocycles. The van der Waals surface area contributed by atoms with Crippen LogP contribution < -0.4 is 0 Å². The van der Waals surface area contributed by atoms with E-state index in [0.29, 0.717) is 6.42 Å². The Morgan fingerprint density at radius 3 is 2.81 bits per heavy atom. The zero-order valence-corrected chi connectivity index (χ0v) is 9.54. The Hall–Kier alpha value is -1.52. The number of carbonyl (C=O) groups is 1. The predicted octanol–water partition coefficient (Wildman–Crippen LogP) is 1.95. The smallest absolute Gasteiger partial charge is 0.330 e. The predicted molar refractivity (Wildman–Crippen MR) is 59.6 cm³/mol. The fraction of sp³-hybridized carbons (Fsp3) is 0.700. The standard InChI is InChI=1S/C10H17N3O3/c1-3-5-8(12-13-11)9(14)6-7-10(15)16-4-2/h6-9,14H,3-5H2,1-2H3/b7-6+/t8-,9+/m0/s1. The highest BCUT2D eigenvalue weighted by atomic mass is 16.5. The van der Waals surface area contributed by atoms with Gasteiger partial charge in [0.25, 0.3) is 0 Å². The molecule has 0 spiro atoms. The molecule has 0 radical (unpaired) electrons. The van der Waals surface area contributed by atoms with E-state index in [1.54, 1.807) is 6.92 Å². The van der Waals surface area contributed by atoms with Gasteiger partial charge in [-0.25, -0.2) is 4.79 Å². The Labute approximate surface area is 94.5 Å². The van der Waals surface area contributed by atoms with Crippen LogP contribution in [0.4, 0.5) is 0 Å². The largest absolute Gasteiger partial charge is 0.463 e. The van der Waals surface area contributed by atoms with Gasteiger partial charge in [0.15, 0.2) is 0 Å². The summed E-state index contributed by atoms with van der Waals surface area (Å²) < 4.78 is 4.65. The molecular weight excluding hydrogens is 210 g/mol. The van der Waals surface area contributed by atoms with Crippen LogP contribution in [0, 0.1) is 0 Å². The van der Waals surface area contributed by atoms with Gasteiger partial charge in [-0.2, -0.15) is 0 Å². The summed E-state index contributed by atoms with van der Waals surface area (Å²) in [5, 5.41) is 13.1. The van der Waals surface area contributed by atoms with E-state index in [-0.39, 0.29) is 6.61 Å². The number of aliphatic hydroxyl groups excluding tert-OH is 1. The summed E-state index contributed by atoms with van der Waals surface area (Å²) in [6.45, 7) is 3.90. The molecule has 0 rings (SSSR count). The molecule has 2 atom stereocenters. The van der Waals surface area contributed by atoms with Gasteiger partial charge in [-0.1, -0.05) is 18.5 Å². The van der Waals surface area contributed by atoms with Gasteiger partial charge in [-0.15, -0.1) is 0 Å². The molecule has 0 aromatic carbocycles. The second-order valence-electron chi connectivity index (χ2n) is 3.16. The summed E-state index contributed by atoms with van der Waals surface area (Å²) in [5.41, 5.74) is 8.31. The Morgan fingerprint density at radius 2 is 2.31 bits per heavy atom. The van der Waals surface area contributed by atoms with Crippen molar-refractivity contribution < 1.29 is 14.6 Å². The number of ether oxygens (including phenoxy) is 1. The molecule has 90 valence electrons.